The fourth-order valence-electron chi connectivity index (χ4n) is 1.67. The highest BCUT2D eigenvalue weighted by Gasteiger charge is 2.12. The minimum Gasteiger partial charge on any atom is -0.435 e. The van der Waals surface area contributed by atoms with Gasteiger partial charge in [0.05, 0.1) is 6.26 Å². The van der Waals surface area contributed by atoms with Crippen molar-refractivity contribution in [2.24, 2.45) is 0 Å². The van der Waals surface area contributed by atoms with Crippen molar-refractivity contribution in [3.05, 3.63) is 47.2 Å². The molecule has 1 rings (SSSR count). The molecule has 2 nitrogen and oxygen atoms in total. The SMILES string of the molecule is CC(=O)O/C=C(/C)Cc1ccc(C(C)(C)C)cc1. The van der Waals surface area contributed by atoms with E-state index < -0.39 is 0 Å². The summed E-state index contributed by atoms with van der Waals surface area (Å²) in [6.07, 6.45) is 2.33. The van der Waals surface area contributed by atoms with Gasteiger partial charge in [0.2, 0.25) is 0 Å². The molecule has 0 N–H and O–H groups in total. The second-order valence-electron chi connectivity index (χ2n) is 5.70. The van der Waals surface area contributed by atoms with Gasteiger partial charge in [-0.1, -0.05) is 45.0 Å². The summed E-state index contributed by atoms with van der Waals surface area (Å²) in [6.45, 7) is 9.97. The first-order valence-corrected chi connectivity index (χ1v) is 6.21. The zero-order valence-electron chi connectivity index (χ0n) is 11.9. The zero-order chi connectivity index (χ0) is 13.8. The molecule has 2 heteroatoms. The third kappa shape index (κ3) is 4.74. The van der Waals surface area contributed by atoms with Crippen LogP contribution in [0.15, 0.2) is 36.1 Å². The van der Waals surface area contributed by atoms with Gasteiger partial charge >= 0.3 is 5.97 Å². The van der Waals surface area contributed by atoms with Crippen LogP contribution in [0.4, 0.5) is 0 Å². The molecule has 0 amide bonds. The molecule has 0 aliphatic rings. The molecule has 0 aliphatic carbocycles. The summed E-state index contributed by atoms with van der Waals surface area (Å²) >= 11 is 0. The minimum absolute atomic E-state index is 0.182. The molecule has 0 bridgehead atoms. The molecule has 98 valence electrons. The van der Waals surface area contributed by atoms with Crippen LogP contribution in [-0.4, -0.2) is 5.97 Å². The molecule has 0 spiro atoms. The van der Waals surface area contributed by atoms with Crippen molar-refractivity contribution in [1.82, 2.24) is 0 Å². The summed E-state index contributed by atoms with van der Waals surface area (Å²) in [5, 5.41) is 0. The molecule has 0 heterocycles. The van der Waals surface area contributed by atoms with E-state index in [1.165, 1.54) is 24.3 Å². The predicted octanol–water partition coefficient (Wildman–Crippen LogP) is 3.99. The lowest BCUT2D eigenvalue weighted by molar-refractivity contribution is -0.135. The number of carbonyl (C=O) groups is 1. The Balaban J connectivity index is 2.70. The van der Waals surface area contributed by atoms with Gasteiger partial charge in [-0.05, 0) is 35.5 Å². The van der Waals surface area contributed by atoms with Crippen LogP contribution in [0, 0.1) is 0 Å². The van der Waals surface area contributed by atoms with E-state index in [4.69, 9.17) is 4.74 Å². The molecule has 0 unspecified atom stereocenters. The molecule has 0 aliphatic heterocycles. The largest absolute Gasteiger partial charge is 0.435 e. The molecule has 0 fully saturated rings. The van der Waals surface area contributed by atoms with Crippen molar-refractivity contribution in [1.29, 1.82) is 0 Å². The Labute approximate surface area is 110 Å². The minimum atomic E-state index is -0.280. The van der Waals surface area contributed by atoms with E-state index >= 15 is 0 Å². The number of ether oxygens (including phenoxy) is 1. The van der Waals surface area contributed by atoms with Gasteiger partial charge in [-0.25, -0.2) is 0 Å². The Kier molecular flexibility index (Phi) is 4.71. The van der Waals surface area contributed by atoms with Crippen LogP contribution in [0.3, 0.4) is 0 Å². The lowest BCUT2D eigenvalue weighted by Gasteiger charge is -2.19. The molecular formula is C16H22O2. The predicted molar refractivity (Wildman–Crippen MR) is 74.4 cm³/mol. The van der Waals surface area contributed by atoms with Crippen LogP contribution < -0.4 is 0 Å². The second-order valence-corrected chi connectivity index (χ2v) is 5.70. The van der Waals surface area contributed by atoms with Gasteiger partial charge in [-0.15, -0.1) is 0 Å². The molecule has 0 radical (unpaired) electrons. The Morgan fingerprint density at radius 1 is 1.17 bits per heavy atom. The van der Waals surface area contributed by atoms with Crippen molar-refractivity contribution in [2.75, 3.05) is 0 Å². The summed E-state index contributed by atoms with van der Waals surface area (Å²) < 4.78 is 4.85. The van der Waals surface area contributed by atoms with E-state index in [9.17, 15) is 4.79 Å². The van der Waals surface area contributed by atoms with E-state index in [1.54, 1.807) is 0 Å². The lowest BCUT2D eigenvalue weighted by Crippen LogP contribution is -2.10. The summed E-state index contributed by atoms with van der Waals surface area (Å²) in [5.41, 5.74) is 3.77. The Morgan fingerprint density at radius 3 is 2.17 bits per heavy atom. The van der Waals surface area contributed by atoms with Crippen molar-refractivity contribution in [3.8, 4) is 0 Å². The van der Waals surface area contributed by atoms with Crippen LogP contribution in [0.1, 0.15) is 45.7 Å². The lowest BCUT2D eigenvalue weighted by atomic mass is 9.86. The highest BCUT2D eigenvalue weighted by atomic mass is 16.5. The molecule has 18 heavy (non-hydrogen) atoms. The summed E-state index contributed by atoms with van der Waals surface area (Å²) in [7, 11) is 0. The number of allylic oxidation sites excluding steroid dienone is 1. The van der Waals surface area contributed by atoms with Gasteiger partial charge in [0, 0.05) is 6.92 Å². The maximum absolute atomic E-state index is 10.7. The third-order valence-electron chi connectivity index (χ3n) is 2.73. The summed E-state index contributed by atoms with van der Waals surface area (Å²) in [6, 6.07) is 8.58. The Bertz CT molecular complexity index is 433. The van der Waals surface area contributed by atoms with Crippen molar-refractivity contribution in [3.63, 3.8) is 0 Å². The van der Waals surface area contributed by atoms with E-state index in [-0.39, 0.29) is 11.4 Å². The molecule has 0 atom stereocenters. The second kappa shape index (κ2) is 5.85. The zero-order valence-corrected chi connectivity index (χ0v) is 11.9. The molecule has 1 aromatic rings. The number of hydrogen-bond donors (Lipinski definition) is 0. The van der Waals surface area contributed by atoms with E-state index in [1.807, 2.05) is 6.92 Å². The topological polar surface area (TPSA) is 26.3 Å². The van der Waals surface area contributed by atoms with Crippen LogP contribution in [-0.2, 0) is 21.4 Å². The average Bonchev–Trinajstić information content (AvgIpc) is 2.26. The molecule has 0 saturated heterocycles. The van der Waals surface area contributed by atoms with Crippen LogP contribution in [0.2, 0.25) is 0 Å². The maximum Gasteiger partial charge on any atom is 0.307 e. The van der Waals surface area contributed by atoms with Gasteiger partial charge in [0.15, 0.2) is 0 Å². The highest BCUT2D eigenvalue weighted by Crippen LogP contribution is 2.22. The first-order valence-electron chi connectivity index (χ1n) is 6.21. The highest BCUT2D eigenvalue weighted by molar-refractivity contribution is 5.66. The van der Waals surface area contributed by atoms with E-state index in [2.05, 4.69) is 45.0 Å². The quantitative estimate of drug-likeness (QED) is 0.595. The molecule has 1 aromatic carbocycles. The van der Waals surface area contributed by atoms with Gasteiger partial charge in [0.25, 0.3) is 0 Å². The first kappa shape index (κ1) is 14.5. The molecule has 0 aromatic heterocycles. The Morgan fingerprint density at radius 2 is 1.72 bits per heavy atom. The van der Waals surface area contributed by atoms with Gasteiger partial charge < -0.3 is 4.74 Å². The summed E-state index contributed by atoms with van der Waals surface area (Å²) in [5.74, 6) is -0.280. The monoisotopic (exact) mass is 246 g/mol. The molecular weight excluding hydrogens is 224 g/mol. The van der Waals surface area contributed by atoms with E-state index in [0.29, 0.717) is 0 Å². The van der Waals surface area contributed by atoms with Crippen LogP contribution >= 0.6 is 0 Å². The standard InChI is InChI=1S/C16H22O2/c1-12(11-18-13(2)17)10-14-6-8-15(9-7-14)16(3,4)5/h6-9,11H,10H2,1-5H3/b12-11-. The average molecular weight is 246 g/mol. The van der Waals surface area contributed by atoms with Gasteiger partial charge in [0.1, 0.15) is 0 Å². The van der Waals surface area contributed by atoms with Gasteiger partial charge in [-0.2, -0.15) is 0 Å². The van der Waals surface area contributed by atoms with Crippen molar-refractivity contribution >= 4 is 5.97 Å². The number of benzene rings is 1. The number of hydrogen-bond acceptors (Lipinski definition) is 2. The summed E-state index contributed by atoms with van der Waals surface area (Å²) in [4.78, 5) is 10.7. The van der Waals surface area contributed by atoms with Crippen LogP contribution in [0.5, 0.6) is 0 Å². The Hall–Kier alpha value is -1.57. The van der Waals surface area contributed by atoms with E-state index in [0.717, 1.165) is 12.0 Å². The molecule has 0 saturated carbocycles. The third-order valence-corrected chi connectivity index (χ3v) is 2.73. The fourth-order valence-corrected chi connectivity index (χ4v) is 1.67. The van der Waals surface area contributed by atoms with Gasteiger partial charge in [-0.3, -0.25) is 4.79 Å². The number of carbonyl (C=O) groups excluding carboxylic acids is 1. The normalized spacial score (nSPS) is 12.4. The number of esters is 1. The van der Waals surface area contributed by atoms with Crippen molar-refractivity contribution in [2.45, 2.75) is 46.5 Å². The van der Waals surface area contributed by atoms with Crippen molar-refractivity contribution < 1.29 is 9.53 Å². The number of rotatable bonds is 3. The fraction of sp³-hybridized carbons (Fsp3) is 0.438. The first-order chi connectivity index (χ1) is 8.29. The smallest absolute Gasteiger partial charge is 0.307 e. The van der Waals surface area contributed by atoms with Crippen LogP contribution in [0.25, 0.3) is 0 Å². The maximum atomic E-state index is 10.7.